The number of carboxylic acid groups (broad SMARTS) is 1. The summed E-state index contributed by atoms with van der Waals surface area (Å²) in [5.41, 5.74) is 0.361. The number of carbonyl (C=O) groups is 1. The van der Waals surface area contributed by atoms with E-state index >= 15 is 0 Å². The Hall–Kier alpha value is -1.33. The highest BCUT2D eigenvalue weighted by Gasteiger charge is 2.23. The number of aromatic nitrogens is 1. The summed E-state index contributed by atoms with van der Waals surface area (Å²) in [6.07, 6.45) is 0. The summed E-state index contributed by atoms with van der Waals surface area (Å²) in [5.74, 6) is -0.782. The molecule has 0 fully saturated rings. The van der Waals surface area contributed by atoms with E-state index in [0.29, 0.717) is 15.6 Å². The molecule has 4 nitrogen and oxygen atoms in total. The van der Waals surface area contributed by atoms with Crippen LogP contribution < -0.4 is 0 Å². The van der Waals surface area contributed by atoms with Crippen molar-refractivity contribution >= 4 is 28.9 Å². The molecule has 15 heavy (non-hydrogen) atoms. The minimum Gasteiger partial charge on any atom is -0.477 e. The monoisotopic (exact) mass is 243 g/mol. The standard InChI is InChI=1S/C9H6ClNO3S/c1-4-6(9(12)13)7(11-14-4)8-5(10)2-3-15-8/h2-3H,1H3,(H,12,13). The van der Waals surface area contributed by atoms with E-state index in [1.807, 2.05) is 0 Å². The zero-order valence-corrected chi connectivity index (χ0v) is 9.22. The van der Waals surface area contributed by atoms with Gasteiger partial charge in [-0.2, -0.15) is 0 Å². The van der Waals surface area contributed by atoms with Crippen molar-refractivity contribution in [1.29, 1.82) is 0 Å². The van der Waals surface area contributed by atoms with Crippen molar-refractivity contribution in [2.75, 3.05) is 0 Å². The lowest BCUT2D eigenvalue weighted by Gasteiger charge is -1.94. The molecule has 2 heterocycles. The van der Waals surface area contributed by atoms with Crippen LogP contribution in [0.2, 0.25) is 5.02 Å². The molecule has 0 radical (unpaired) electrons. The van der Waals surface area contributed by atoms with Gasteiger partial charge in [0.15, 0.2) is 0 Å². The van der Waals surface area contributed by atoms with Crippen LogP contribution in [-0.2, 0) is 0 Å². The maximum absolute atomic E-state index is 11.0. The molecule has 0 atom stereocenters. The first-order valence-corrected chi connectivity index (χ1v) is 5.30. The Labute approximate surface area is 94.1 Å². The molecule has 2 aromatic heterocycles. The first-order valence-electron chi connectivity index (χ1n) is 4.04. The van der Waals surface area contributed by atoms with Crippen molar-refractivity contribution < 1.29 is 14.4 Å². The summed E-state index contributed by atoms with van der Waals surface area (Å²) >= 11 is 7.23. The van der Waals surface area contributed by atoms with Crippen LogP contribution in [-0.4, -0.2) is 16.2 Å². The van der Waals surface area contributed by atoms with E-state index in [0.717, 1.165) is 0 Å². The van der Waals surface area contributed by atoms with Gasteiger partial charge in [-0.1, -0.05) is 16.8 Å². The van der Waals surface area contributed by atoms with Crippen molar-refractivity contribution in [2.24, 2.45) is 0 Å². The van der Waals surface area contributed by atoms with E-state index in [9.17, 15) is 4.79 Å². The SMILES string of the molecule is Cc1onc(-c2sccc2Cl)c1C(=O)O. The second-order valence-corrected chi connectivity index (χ2v) is 4.19. The molecule has 0 bridgehead atoms. The number of rotatable bonds is 2. The summed E-state index contributed by atoms with van der Waals surface area (Å²) < 4.78 is 4.85. The smallest absolute Gasteiger partial charge is 0.341 e. The molecule has 1 N–H and O–H groups in total. The Bertz CT molecular complexity index is 517. The number of nitrogens with zero attached hydrogens (tertiary/aromatic N) is 1. The van der Waals surface area contributed by atoms with E-state index < -0.39 is 5.97 Å². The molecule has 0 aromatic carbocycles. The average Bonchev–Trinajstić information content (AvgIpc) is 2.71. The van der Waals surface area contributed by atoms with Gasteiger partial charge in [0.2, 0.25) is 0 Å². The summed E-state index contributed by atoms with van der Waals surface area (Å²) in [6, 6.07) is 1.69. The van der Waals surface area contributed by atoms with Crippen LogP contribution in [0.15, 0.2) is 16.0 Å². The Kier molecular flexibility index (Phi) is 2.50. The highest BCUT2D eigenvalue weighted by atomic mass is 35.5. The van der Waals surface area contributed by atoms with Crippen molar-refractivity contribution in [1.82, 2.24) is 5.16 Å². The zero-order chi connectivity index (χ0) is 11.0. The van der Waals surface area contributed by atoms with Crippen LogP contribution in [0, 0.1) is 6.92 Å². The topological polar surface area (TPSA) is 63.3 Å². The molecule has 0 saturated carbocycles. The van der Waals surface area contributed by atoms with Crippen LogP contribution in [0.4, 0.5) is 0 Å². The van der Waals surface area contributed by atoms with Crippen molar-refractivity contribution in [3.63, 3.8) is 0 Å². The maximum Gasteiger partial charge on any atom is 0.341 e. The number of aromatic carboxylic acids is 1. The molecule has 0 unspecified atom stereocenters. The molecule has 0 saturated heterocycles. The van der Waals surface area contributed by atoms with E-state index in [4.69, 9.17) is 21.2 Å². The fourth-order valence-electron chi connectivity index (χ4n) is 1.24. The molecule has 0 spiro atoms. The van der Waals surface area contributed by atoms with Crippen LogP contribution in [0.5, 0.6) is 0 Å². The van der Waals surface area contributed by atoms with E-state index in [-0.39, 0.29) is 11.3 Å². The first kappa shape index (κ1) is 10.2. The third-order valence-electron chi connectivity index (χ3n) is 1.91. The molecule has 0 amide bonds. The molecule has 0 aliphatic rings. The second-order valence-electron chi connectivity index (χ2n) is 2.87. The predicted octanol–water partition coefficient (Wildman–Crippen LogP) is 3.06. The Morgan fingerprint density at radius 3 is 2.93 bits per heavy atom. The highest BCUT2D eigenvalue weighted by Crippen LogP contribution is 2.35. The number of hydrogen-bond acceptors (Lipinski definition) is 4. The number of hydrogen-bond donors (Lipinski definition) is 1. The molecule has 2 rings (SSSR count). The Balaban J connectivity index is 2.64. The van der Waals surface area contributed by atoms with Crippen LogP contribution in [0.25, 0.3) is 10.6 Å². The fraction of sp³-hybridized carbons (Fsp3) is 0.111. The molecule has 2 aromatic rings. The molecular formula is C9H6ClNO3S. The average molecular weight is 244 g/mol. The number of thiophene rings is 1. The molecular weight excluding hydrogens is 238 g/mol. The third-order valence-corrected chi connectivity index (χ3v) is 3.26. The Morgan fingerprint density at radius 1 is 1.67 bits per heavy atom. The molecule has 78 valence electrons. The van der Waals surface area contributed by atoms with Crippen molar-refractivity contribution in [2.45, 2.75) is 6.92 Å². The van der Waals surface area contributed by atoms with E-state index in [2.05, 4.69) is 5.16 Å². The Morgan fingerprint density at radius 2 is 2.40 bits per heavy atom. The predicted molar refractivity (Wildman–Crippen MR) is 56.5 cm³/mol. The van der Waals surface area contributed by atoms with Gasteiger partial charge in [0.05, 0.1) is 9.90 Å². The largest absolute Gasteiger partial charge is 0.477 e. The van der Waals surface area contributed by atoms with E-state index in [1.165, 1.54) is 11.3 Å². The summed E-state index contributed by atoms with van der Waals surface area (Å²) in [6.45, 7) is 1.56. The lowest BCUT2D eigenvalue weighted by molar-refractivity contribution is 0.0696. The quantitative estimate of drug-likeness (QED) is 0.881. The van der Waals surface area contributed by atoms with Crippen LogP contribution >= 0.6 is 22.9 Å². The van der Waals surface area contributed by atoms with Gasteiger partial charge in [0, 0.05) is 0 Å². The van der Waals surface area contributed by atoms with Crippen molar-refractivity contribution in [3.8, 4) is 10.6 Å². The van der Waals surface area contributed by atoms with Gasteiger partial charge in [-0.25, -0.2) is 4.79 Å². The zero-order valence-electron chi connectivity index (χ0n) is 7.65. The normalized spacial score (nSPS) is 10.5. The molecule has 0 aliphatic carbocycles. The van der Waals surface area contributed by atoms with Crippen molar-refractivity contribution in [3.05, 3.63) is 27.8 Å². The highest BCUT2D eigenvalue weighted by molar-refractivity contribution is 7.14. The maximum atomic E-state index is 11.0. The molecule has 0 aliphatic heterocycles. The van der Waals surface area contributed by atoms with Gasteiger partial charge in [-0.15, -0.1) is 11.3 Å². The number of carboxylic acids is 1. The summed E-state index contributed by atoms with van der Waals surface area (Å²) in [7, 11) is 0. The van der Waals surface area contributed by atoms with Crippen LogP contribution in [0.1, 0.15) is 16.1 Å². The lowest BCUT2D eigenvalue weighted by atomic mass is 10.2. The van der Waals surface area contributed by atoms with Crippen LogP contribution in [0.3, 0.4) is 0 Å². The van der Waals surface area contributed by atoms with Gasteiger partial charge in [-0.3, -0.25) is 0 Å². The summed E-state index contributed by atoms with van der Waals surface area (Å²) in [4.78, 5) is 11.6. The number of aryl methyl sites for hydroxylation is 1. The number of halogens is 1. The van der Waals surface area contributed by atoms with Gasteiger partial charge in [-0.05, 0) is 18.4 Å². The van der Waals surface area contributed by atoms with Gasteiger partial charge in [0.1, 0.15) is 17.0 Å². The third kappa shape index (κ3) is 1.64. The molecule has 6 heteroatoms. The fourth-order valence-corrected chi connectivity index (χ4v) is 2.37. The summed E-state index contributed by atoms with van der Waals surface area (Å²) in [5, 5.41) is 15.0. The lowest BCUT2D eigenvalue weighted by Crippen LogP contribution is -1.98. The van der Waals surface area contributed by atoms with Gasteiger partial charge >= 0.3 is 5.97 Å². The first-order chi connectivity index (χ1) is 7.11. The van der Waals surface area contributed by atoms with E-state index in [1.54, 1.807) is 18.4 Å². The minimum atomic E-state index is -1.06. The van der Waals surface area contributed by atoms with Gasteiger partial charge in [0.25, 0.3) is 0 Å². The van der Waals surface area contributed by atoms with Gasteiger partial charge < -0.3 is 9.63 Å². The second kappa shape index (κ2) is 3.67. The minimum absolute atomic E-state index is 0.0688.